The minimum Gasteiger partial charge on any atom is -0.490 e. The van der Waals surface area contributed by atoms with E-state index >= 15 is 0 Å². The van der Waals surface area contributed by atoms with Crippen molar-refractivity contribution in [3.05, 3.63) is 46.8 Å². The van der Waals surface area contributed by atoms with Crippen LogP contribution in [0.15, 0.2) is 28.7 Å². The van der Waals surface area contributed by atoms with Gasteiger partial charge in [0.2, 0.25) is 17.7 Å². The van der Waals surface area contributed by atoms with Crippen LogP contribution in [0.1, 0.15) is 35.9 Å². The summed E-state index contributed by atoms with van der Waals surface area (Å²) in [6.45, 7) is 7.62. The highest BCUT2D eigenvalue weighted by Crippen LogP contribution is 2.31. The summed E-state index contributed by atoms with van der Waals surface area (Å²) in [6, 6.07) is 7.57. The normalized spacial score (nSPS) is 13.1. The zero-order chi connectivity index (χ0) is 23.4. The lowest BCUT2D eigenvalue weighted by Gasteiger charge is -2.17. The summed E-state index contributed by atoms with van der Waals surface area (Å²) in [7, 11) is 0. The number of benzene rings is 1. The van der Waals surface area contributed by atoms with Crippen LogP contribution >= 0.6 is 0 Å². The zero-order valence-corrected chi connectivity index (χ0v) is 18.6. The molecule has 0 bridgehead atoms. The summed E-state index contributed by atoms with van der Waals surface area (Å²) in [5.41, 5.74) is 10.1. The molecule has 170 valence electrons. The fourth-order valence-corrected chi connectivity index (χ4v) is 3.42. The smallest absolute Gasteiger partial charge is 0.248 e. The van der Waals surface area contributed by atoms with Gasteiger partial charge in [-0.05, 0) is 62.6 Å². The second-order valence-electron chi connectivity index (χ2n) is 7.81. The zero-order valence-electron chi connectivity index (χ0n) is 18.6. The summed E-state index contributed by atoms with van der Waals surface area (Å²) >= 11 is 0. The number of hydrogen-bond acceptors (Lipinski definition) is 8. The van der Waals surface area contributed by atoms with Crippen molar-refractivity contribution in [2.24, 2.45) is 5.73 Å². The first kappa shape index (κ1) is 23.4. The van der Waals surface area contributed by atoms with Crippen molar-refractivity contribution in [3.8, 4) is 28.7 Å². The number of pyridine rings is 1. The highest BCUT2D eigenvalue weighted by atomic mass is 16.5. The molecule has 1 aromatic carbocycles. The van der Waals surface area contributed by atoms with E-state index < -0.39 is 18.1 Å². The number of primary amides is 1. The average Bonchev–Trinajstić information content (AvgIpc) is 3.22. The molecule has 1 amide bonds. The van der Waals surface area contributed by atoms with Crippen LogP contribution in [0, 0.1) is 20.8 Å². The largest absolute Gasteiger partial charge is 0.490 e. The molecule has 0 radical (unpaired) electrons. The Bertz CT molecular complexity index is 1090. The molecular formula is C23H28N4O5. The van der Waals surface area contributed by atoms with E-state index in [2.05, 4.69) is 15.2 Å². The molecule has 0 aliphatic rings. The molecule has 4 N–H and O–H groups in total. The number of carbonyl (C=O) groups excluding carboxylic acids is 1. The lowest BCUT2D eigenvalue weighted by atomic mass is 10.1. The van der Waals surface area contributed by atoms with Crippen molar-refractivity contribution >= 4 is 5.91 Å². The summed E-state index contributed by atoms with van der Waals surface area (Å²) < 4.78 is 11.6. The minimum atomic E-state index is -1.41. The molecule has 0 aliphatic heterocycles. The average molecular weight is 441 g/mol. The van der Waals surface area contributed by atoms with Gasteiger partial charge in [0.25, 0.3) is 0 Å². The van der Waals surface area contributed by atoms with Crippen molar-refractivity contribution in [3.63, 3.8) is 0 Å². The van der Waals surface area contributed by atoms with Crippen LogP contribution in [0.2, 0.25) is 0 Å². The molecule has 1 unspecified atom stereocenters. The predicted octanol–water partition coefficient (Wildman–Crippen LogP) is 2.26. The van der Waals surface area contributed by atoms with Gasteiger partial charge >= 0.3 is 0 Å². The summed E-state index contributed by atoms with van der Waals surface area (Å²) in [6.07, 6.45) is -1.83. The molecule has 3 aromatic rings. The van der Waals surface area contributed by atoms with Crippen LogP contribution in [0.3, 0.4) is 0 Å². The maximum absolute atomic E-state index is 10.9. The van der Waals surface area contributed by atoms with E-state index in [1.54, 1.807) is 0 Å². The number of rotatable bonds is 9. The Balaban J connectivity index is 1.77. The summed E-state index contributed by atoms with van der Waals surface area (Å²) in [4.78, 5) is 15.4. The highest BCUT2D eigenvalue weighted by molar-refractivity contribution is 5.78. The van der Waals surface area contributed by atoms with Crippen LogP contribution in [-0.2, 0) is 11.2 Å². The summed E-state index contributed by atoms with van der Waals surface area (Å²) in [5.74, 6) is 0.521. The van der Waals surface area contributed by atoms with Crippen molar-refractivity contribution < 1.29 is 24.2 Å². The molecule has 32 heavy (non-hydrogen) atoms. The molecule has 3 rings (SSSR count). The van der Waals surface area contributed by atoms with Gasteiger partial charge in [-0.1, -0.05) is 6.92 Å². The van der Waals surface area contributed by atoms with Gasteiger partial charge in [-0.2, -0.15) is 0 Å². The molecule has 0 saturated carbocycles. The first-order valence-corrected chi connectivity index (χ1v) is 10.4. The molecule has 2 atom stereocenters. The number of aliphatic hydroxyl groups is 2. The van der Waals surface area contributed by atoms with Gasteiger partial charge in [0, 0.05) is 28.9 Å². The molecule has 0 saturated heterocycles. The van der Waals surface area contributed by atoms with Gasteiger partial charge < -0.3 is 25.1 Å². The number of nitrogens with zero attached hydrogens (tertiary/aromatic N) is 3. The molecule has 0 fully saturated rings. The van der Waals surface area contributed by atoms with Crippen LogP contribution in [0.25, 0.3) is 22.9 Å². The quantitative estimate of drug-likeness (QED) is 0.459. The van der Waals surface area contributed by atoms with E-state index in [9.17, 15) is 15.0 Å². The number of nitrogens with two attached hydrogens (primary N) is 1. The van der Waals surface area contributed by atoms with E-state index in [1.165, 1.54) is 0 Å². The number of aliphatic hydroxyl groups excluding tert-OH is 2. The van der Waals surface area contributed by atoms with Crippen molar-refractivity contribution in [1.29, 1.82) is 0 Å². The van der Waals surface area contributed by atoms with Gasteiger partial charge in [-0.25, -0.2) is 0 Å². The Hall–Kier alpha value is -3.30. The maximum Gasteiger partial charge on any atom is 0.248 e. The van der Waals surface area contributed by atoms with Crippen LogP contribution in [0.5, 0.6) is 5.75 Å². The number of ether oxygens (including phenoxy) is 1. The van der Waals surface area contributed by atoms with Crippen LogP contribution in [-0.4, -0.2) is 50.1 Å². The molecule has 9 nitrogen and oxygen atoms in total. The van der Waals surface area contributed by atoms with E-state index in [0.717, 1.165) is 40.1 Å². The van der Waals surface area contributed by atoms with Crippen molar-refractivity contribution in [2.75, 3.05) is 6.61 Å². The van der Waals surface area contributed by atoms with E-state index in [-0.39, 0.29) is 13.0 Å². The Morgan fingerprint density at radius 3 is 2.22 bits per heavy atom. The van der Waals surface area contributed by atoms with Crippen LogP contribution in [0.4, 0.5) is 0 Å². The fraction of sp³-hybridized carbons (Fsp3) is 0.391. The number of aryl methyl sites for hydroxylation is 4. The molecule has 2 heterocycles. The van der Waals surface area contributed by atoms with E-state index in [4.69, 9.17) is 14.9 Å². The lowest BCUT2D eigenvalue weighted by Crippen LogP contribution is -2.33. The molecule has 0 aliphatic carbocycles. The standard InChI is InChI=1S/C23H28N4O5/c1-5-17-9-16(8-14(4)25-17)23-27-26-22(32-23)15-6-12(2)20(13(3)7-15)31-11-18(28)10-19(29)21(24)30/h6-9,18-19,28-29H,5,10-11H2,1-4H3,(H2,24,30)/t18-,19?/m0/s1. The van der Waals surface area contributed by atoms with Gasteiger partial charge in [0.15, 0.2) is 0 Å². The third-order valence-electron chi connectivity index (χ3n) is 4.99. The van der Waals surface area contributed by atoms with Crippen molar-refractivity contribution in [1.82, 2.24) is 15.2 Å². The van der Waals surface area contributed by atoms with E-state index in [0.29, 0.717) is 17.5 Å². The topological polar surface area (TPSA) is 145 Å². The highest BCUT2D eigenvalue weighted by Gasteiger charge is 2.19. The van der Waals surface area contributed by atoms with Crippen LogP contribution < -0.4 is 10.5 Å². The van der Waals surface area contributed by atoms with Gasteiger partial charge in [-0.3, -0.25) is 9.78 Å². The third-order valence-corrected chi connectivity index (χ3v) is 4.99. The Kier molecular flexibility index (Phi) is 7.22. The second-order valence-corrected chi connectivity index (χ2v) is 7.81. The SMILES string of the molecule is CCc1cc(-c2nnc(-c3cc(C)c(OC[C@@H](O)CC(O)C(N)=O)c(C)c3)o2)cc(C)n1. The monoisotopic (exact) mass is 440 g/mol. The Morgan fingerprint density at radius 1 is 1.06 bits per heavy atom. The van der Waals surface area contributed by atoms with E-state index in [1.807, 2.05) is 52.0 Å². The summed E-state index contributed by atoms with van der Waals surface area (Å²) in [5, 5.41) is 27.8. The lowest BCUT2D eigenvalue weighted by molar-refractivity contribution is -0.127. The predicted molar refractivity (Wildman–Crippen MR) is 118 cm³/mol. The minimum absolute atomic E-state index is 0.0861. The Morgan fingerprint density at radius 2 is 1.66 bits per heavy atom. The molecular weight excluding hydrogens is 412 g/mol. The fourth-order valence-electron chi connectivity index (χ4n) is 3.42. The van der Waals surface area contributed by atoms with Gasteiger partial charge in [-0.15, -0.1) is 10.2 Å². The van der Waals surface area contributed by atoms with Gasteiger partial charge in [0.1, 0.15) is 18.5 Å². The molecule has 0 spiro atoms. The first-order chi connectivity index (χ1) is 15.2. The Labute approximate surface area is 186 Å². The second kappa shape index (κ2) is 9.88. The third kappa shape index (κ3) is 5.49. The number of hydrogen-bond donors (Lipinski definition) is 3. The van der Waals surface area contributed by atoms with Crippen molar-refractivity contribution in [2.45, 2.75) is 52.7 Å². The number of aromatic nitrogens is 3. The molecule has 9 heteroatoms. The van der Waals surface area contributed by atoms with Gasteiger partial charge in [0.05, 0.1) is 6.10 Å². The molecule has 2 aromatic heterocycles. The number of amides is 1. The first-order valence-electron chi connectivity index (χ1n) is 10.4. The number of carbonyl (C=O) groups is 1. The maximum atomic E-state index is 10.9.